The summed E-state index contributed by atoms with van der Waals surface area (Å²) in [5.41, 5.74) is 2.24. The zero-order valence-corrected chi connectivity index (χ0v) is 12.9. The molecule has 0 aliphatic carbocycles. The maximum atomic E-state index is 4.81. The van der Waals surface area contributed by atoms with E-state index in [-0.39, 0.29) is 0 Å². The van der Waals surface area contributed by atoms with Crippen LogP contribution in [0.4, 0.5) is 10.3 Å². The SMILES string of the molecule is CCc1nc(N2CCCC2)sc1-c1csc(NC)n1. The summed E-state index contributed by atoms with van der Waals surface area (Å²) < 4.78 is 0. The van der Waals surface area contributed by atoms with Crippen molar-refractivity contribution in [2.75, 3.05) is 30.4 Å². The number of rotatable bonds is 4. The standard InChI is InChI=1S/C13H18N4S2/c1-3-9-11(10-8-18-12(14-2)15-10)19-13(16-9)17-6-4-5-7-17/h8H,3-7H2,1-2H3,(H,14,15). The van der Waals surface area contributed by atoms with Crippen LogP contribution < -0.4 is 10.2 Å². The molecule has 2 aromatic rings. The second kappa shape index (κ2) is 5.46. The van der Waals surface area contributed by atoms with E-state index >= 15 is 0 Å². The fourth-order valence-electron chi connectivity index (χ4n) is 2.32. The molecule has 0 unspecified atom stereocenters. The van der Waals surface area contributed by atoms with Crippen molar-refractivity contribution in [2.24, 2.45) is 0 Å². The minimum absolute atomic E-state index is 0.964. The van der Waals surface area contributed by atoms with Crippen molar-refractivity contribution in [2.45, 2.75) is 26.2 Å². The molecule has 0 radical (unpaired) electrons. The molecule has 2 aromatic heterocycles. The number of aromatic nitrogens is 2. The van der Waals surface area contributed by atoms with Crippen molar-refractivity contribution in [1.29, 1.82) is 0 Å². The summed E-state index contributed by atoms with van der Waals surface area (Å²) in [7, 11) is 1.91. The largest absolute Gasteiger partial charge is 0.365 e. The predicted molar refractivity (Wildman–Crippen MR) is 83.6 cm³/mol. The first kappa shape index (κ1) is 12.9. The van der Waals surface area contributed by atoms with Crippen LogP contribution in [0.3, 0.4) is 0 Å². The number of nitrogens with one attached hydrogen (secondary N) is 1. The van der Waals surface area contributed by atoms with Gasteiger partial charge in [0.05, 0.1) is 16.3 Å². The Bertz CT molecular complexity index is 555. The second-order valence-electron chi connectivity index (χ2n) is 4.61. The third-order valence-corrected chi connectivity index (χ3v) is 5.39. The molecule has 1 N–H and O–H groups in total. The Hall–Kier alpha value is -1.14. The van der Waals surface area contributed by atoms with E-state index in [2.05, 4.69) is 27.5 Å². The van der Waals surface area contributed by atoms with Crippen molar-refractivity contribution in [3.05, 3.63) is 11.1 Å². The maximum Gasteiger partial charge on any atom is 0.186 e. The molecular weight excluding hydrogens is 276 g/mol. The average Bonchev–Trinajstić information content (AvgIpc) is 3.16. The molecule has 1 aliphatic heterocycles. The molecule has 1 fully saturated rings. The molecule has 0 aromatic carbocycles. The molecule has 0 saturated carbocycles. The molecule has 3 rings (SSSR count). The van der Waals surface area contributed by atoms with E-state index in [1.807, 2.05) is 7.05 Å². The van der Waals surface area contributed by atoms with Crippen molar-refractivity contribution in [3.8, 4) is 10.6 Å². The van der Waals surface area contributed by atoms with E-state index in [0.717, 1.165) is 30.3 Å². The highest BCUT2D eigenvalue weighted by molar-refractivity contribution is 7.19. The number of anilines is 2. The topological polar surface area (TPSA) is 41.1 Å². The van der Waals surface area contributed by atoms with Gasteiger partial charge in [0.1, 0.15) is 0 Å². The zero-order valence-electron chi connectivity index (χ0n) is 11.3. The van der Waals surface area contributed by atoms with Gasteiger partial charge < -0.3 is 10.2 Å². The summed E-state index contributed by atoms with van der Waals surface area (Å²) >= 11 is 3.44. The minimum atomic E-state index is 0.964. The quantitative estimate of drug-likeness (QED) is 0.937. The molecule has 6 heteroatoms. The van der Waals surface area contributed by atoms with Crippen LogP contribution in [0.2, 0.25) is 0 Å². The summed E-state index contributed by atoms with van der Waals surface area (Å²) in [6.07, 6.45) is 3.54. The number of hydrogen-bond donors (Lipinski definition) is 1. The van der Waals surface area contributed by atoms with Crippen LogP contribution in [0.25, 0.3) is 10.6 Å². The van der Waals surface area contributed by atoms with Gasteiger partial charge >= 0.3 is 0 Å². The predicted octanol–water partition coefficient (Wildman–Crippen LogP) is 3.47. The molecule has 4 nitrogen and oxygen atoms in total. The van der Waals surface area contributed by atoms with Crippen LogP contribution in [0.5, 0.6) is 0 Å². The van der Waals surface area contributed by atoms with Crippen LogP contribution in [0.1, 0.15) is 25.5 Å². The fraction of sp³-hybridized carbons (Fsp3) is 0.538. The highest BCUT2D eigenvalue weighted by Crippen LogP contribution is 2.37. The lowest BCUT2D eigenvalue weighted by atomic mass is 10.2. The Balaban J connectivity index is 1.95. The Morgan fingerprint density at radius 1 is 1.32 bits per heavy atom. The molecule has 0 amide bonds. The molecule has 1 aliphatic rings. The van der Waals surface area contributed by atoms with Gasteiger partial charge in [-0.25, -0.2) is 9.97 Å². The lowest BCUT2D eigenvalue weighted by molar-refractivity contribution is 0.941. The van der Waals surface area contributed by atoms with Gasteiger partial charge in [-0.15, -0.1) is 11.3 Å². The molecule has 3 heterocycles. The van der Waals surface area contributed by atoms with Crippen LogP contribution >= 0.6 is 22.7 Å². The average molecular weight is 294 g/mol. The van der Waals surface area contributed by atoms with Gasteiger partial charge in [-0.05, 0) is 19.3 Å². The van der Waals surface area contributed by atoms with Gasteiger partial charge in [0.2, 0.25) is 0 Å². The molecular formula is C13H18N4S2. The van der Waals surface area contributed by atoms with E-state index in [9.17, 15) is 0 Å². The molecule has 102 valence electrons. The van der Waals surface area contributed by atoms with E-state index in [4.69, 9.17) is 4.98 Å². The van der Waals surface area contributed by atoms with Gasteiger partial charge in [0, 0.05) is 25.5 Å². The Labute approximate surface area is 121 Å². The van der Waals surface area contributed by atoms with Crippen molar-refractivity contribution < 1.29 is 0 Å². The number of hydrogen-bond acceptors (Lipinski definition) is 6. The number of nitrogens with zero attached hydrogens (tertiary/aromatic N) is 3. The van der Waals surface area contributed by atoms with Gasteiger partial charge in [0.15, 0.2) is 10.3 Å². The van der Waals surface area contributed by atoms with Crippen LogP contribution in [0, 0.1) is 0 Å². The lowest BCUT2D eigenvalue weighted by Gasteiger charge is -2.12. The van der Waals surface area contributed by atoms with Gasteiger partial charge in [-0.2, -0.15) is 0 Å². The Morgan fingerprint density at radius 2 is 2.11 bits per heavy atom. The first-order valence-electron chi connectivity index (χ1n) is 6.70. The highest BCUT2D eigenvalue weighted by Gasteiger charge is 2.20. The van der Waals surface area contributed by atoms with Crippen LogP contribution in [-0.4, -0.2) is 30.1 Å². The summed E-state index contributed by atoms with van der Waals surface area (Å²) in [4.78, 5) is 13.1. The van der Waals surface area contributed by atoms with Crippen LogP contribution in [0.15, 0.2) is 5.38 Å². The van der Waals surface area contributed by atoms with E-state index in [1.54, 1.807) is 22.7 Å². The van der Waals surface area contributed by atoms with Crippen molar-refractivity contribution in [1.82, 2.24) is 9.97 Å². The summed E-state index contributed by atoms with van der Waals surface area (Å²) in [5, 5.41) is 7.35. The monoisotopic (exact) mass is 294 g/mol. The van der Waals surface area contributed by atoms with Crippen molar-refractivity contribution in [3.63, 3.8) is 0 Å². The molecule has 1 saturated heterocycles. The second-order valence-corrected chi connectivity index (χ2v) is 6.44. The number of aryl methyl sites for hydroxylation is 1. The summed E-state index contributed by atoms with van der Waals surface area (Å²) in [6, 6.07) is 0. The smallest absolute Gasteiger partial charge is 0.186 e. The third-order valence-electron chi connectivity index (χ3n) is 3.35. The highest BCUT2D eigenvalue weighted by atomic mass is 32.1. The van der Waals surface area contributed by atoms with E-state index in [0.29, 0.717) is 0 Å². The summed E-state index contributed by atoms with van der Waals surface area (Å²) in [5.74, 6) is 0. The van der Waals surface area contributed by atoms with Crippen LogP contribution in [-0.2, 0) is 6.42 Å². The van der Waals surface area contributed by atoms with Crippen molar-refractivity contribution >= 4 is 32.9 Å². The third kappa shape index (κ3) is 2.47. The summed E-state index contributed by atoms with van der Waals surface area (Å²) in [6.45, 7) is 4.46. The lowest BCUT2D eigenvalue weighted by Crippen LogP contribution is -2.17. The molecule has 0 bridgehead atoms. The van der Waals surface area contributed by atoms with Gasteiger partial charge in [0.25, 0.3) is 0 Å². The van der Waals surface area contributed by atoms with E-state index in [1.165, 1.54) is 28.5 Å². The first-order valence-corrected chi connectivity index (χ1v) is 8.39. The Morgan fingerprint density at radius 3 is 2.74 bits per heavy atom. The number of thiazole rings is 2. The Kier molecular flexibility index (Phi) is 3.70. The normalized spacial score (nSPS) is 15.2. The molecule has 19 heavy (non-hydrogen) atoms. The maximum absolute atomic E-state index is 4.81. The first-order chi connectivity index (χ1) is 9.31. The molecule has 0 atom stereocenters. The van der Waals surface area contributed by atoms with Gasteiger partial charge in [-0.1, -0.05) is 18.3 Å². The zero-order chi connectivity index (χ0) is 13.2. The molecule has 0 spiro atoms. The van der Waals surface area contributed by atoms with Gasteiger partial charge in [-0.3, -0.25) is 0 Å². The van der Waals surface area contributed by atoms with E-state index < -0.39 is 0 Å². The fourth-order valence-corrected chi connectivity index (χ4v) is 4.22. The minimum Gasteiger partial charge on any atom is -0.365 e.